The molecule has 0 aliphatic heterocycles. The highest BCUT2D eigenvalue weighted by Gasteiger charge is 2.11. The van der Waals surface area contributed by atoms with Crippen molar-refractivity contribution >= 4 is 15.9 Å². The lowest BCUT2D eigenvalue weighted by Crippen LogP contribution is -2.29. The van der Waals surface area contributed by atoms with Gasteiger partial charge in [0.2, 0.25) is 10.0 Å². The molecule has 7 heteroatoms. The van der Waals surface area contributed by atoms with Crippen molar-refractivity contribution in [1.82, 2.24) is 4.72 Å². The van der Waals surface area contributed by atoms with E-state index in [1.807, 2.05) is 4.72 Å². The van der Waals surface area contributed by atoms with E-state index in [9.17, 15) is 17.6 Å². The van der Waals surface area contributed by atoms with Gasteiger partial charge in [0, 0.05) is 11.6 Å². The van der Waals surface area contributed by atoms with Gasteiger partial charge in [-0.05, 0) is 36.4 Å². The molecule has 0 radical (unpaired) electrons. The van der Waals surface area contributed by atoms with Gasteiger partial charge in [0.1, 0.15) is 17.3 Å². The van der Waals surface area contributed by atoms with Crippen LogP contribution in [0.4, 0.5) is 4.39 Å². The maximum absolute atomic E-state index is 13.0. The number of amides is 1. The van der Waals surface area contributed by atoms with Gasteiger partial charge in [-0.25, -0.2) is 17.5 Å². The maximum atomic E-state index is 13.0. The summed E-state index contributed by atoms with van der Waals surface area (Å²) < 4.78 is 42.2. The number of benzene rings is 2. The fourth-order valence-corrected chi connectivity index (χ4v) is 2.02. The zero-order valence-electron chi connectivity index (χ0n) is 11.0. The van der Waals surface area contributed by atoms with E-state index in [1.54, 1.807) is 6.07 Å². The molecule has 0 saturated heterocycles. The highest BCUT2D eigenvalue weighted by Crippen LogP contribution is 2.22. The molecule has 0 spiro atoms. The summed E-state index contributed by atoms with van der Waals surface area (Å²) in [5.74, 6) is -0.425. The van der Waals surface area contributed by atoms with Crippen molar-refractivity contribution < 1.29 is 22.3 Å². The van der Waals surface area contributed by atoms with E-state index in [-0.39, 0.29) is 5.56 Å². The number of carbonyl (C=O) groups is 1. The largest absolute Gasteiger partial charge is 0.457 e. The lowest BCUT2D eigenvalue weighted by molar-refractivity contribution is 0.0981. The van der Waals surface area contributed by atoms with Gasteiger partial charge in [0.25, 0.3) is 5.91 Å². The Morgan fingerprint density at radius 1 is 1.10 bits per heavy atom. The van der Waals surface area contributed by atoms with E-state index in [0.717, 1.165) is 6.26 Å². The Morgan fingerprint density at radius 2 is 1.76 bits per heavy atom. The first-order chi connectivity index (χ1) is 9.83. The van der Waals surface area contributed by atoms with Crippen LogP contribution in [0, 0.1) is 5.82 Å². The Balaban J connectivity index is 2.10. The Labute approximate surface area is 121 Å². The molecule has 0 bridgehead atoms. The molecule has 5 nitrogen and oxygen atoms in total. The van der Waals surface area contributed by atoms with Crippen LogP contribution in [0.3, 0.4) is 0 Å². The topological polar surface area (TPSA) is 72.5 Å². The third kappa shape index (κ3) is 4.57. The molecule has 0 atom stereocenters. The van der Waals surface area contributed by atoms with Gasteiger partial charge in [-0.2, -0.15) is 0 Å². The predicted molar refractivity (Wildman–Crippen MR) is 75.2 cm³/mol. The summed E-state index contributed by atoms with van der Waals surface area (Å²) in [7, 11) is -3.61. The molecule has 110 valence electrons. The molecule has 0 saturated carbocycles. The van der Waals surface area contributed by atoms with Crippen LogP contribution in [0.2, 0.25) is 0 Å². The first-order valence-electron chi connectivity index (χ1n) is 5.89. The van der Waals surface area contributed by atoms with Crippen molar-refractivity contribution in [2.45, 2.75) is 0 Å². The molecule has 1 N–H and O–H groups in total. The standard InChI is InChI=1S/C14H12FNO4S/c1-21(18,19)16-14(17)10-5-7-12(8-6-10)20-13-4-2-3-11(15)9-13/h2-9H,1H3,(H,16,17). The monoisotopic (exact) mass is 309 g/mol. The van der Waals surface area contributed by atoms with Gasteiger partial charge in [0.05, 0.1) is 6.26 Å². The van der Waals surface area contributed by atoms with Crippen molar-refractivity contribution in [2.75, 3.05) is 6.26 Å². The molecule has 1 amide bonds. The van der Waals surface area contributed by atoms with Crippen LogP contribution in [0.5, 0.6) is 11.5 Å². The molecule has 0 aliphatic carbocycles. The minimum absolute atomic E-state index is 0.173. The molecule has 2 rings (SSSR count). The minimum atomic E-state index is -3.61. The number of ether oxygens (including phenoxy) is 1. The Hall–Kier alpha value is -2.41. The number of carbonyl (C=O) groups excluding carboxylic acids is 1. The molecular weight excluding hydrogens is 297 g/mol. The van der Waals surface area contributed by atoms with Crippen LogP contribution in [-0.2, 0) is 10.0 Å². The van der Waals surface area contributed by atoms with Crippen LogP contribution in [0.1, 0.15) is 10.4 Å². The summed E-state index contributed by atoms with van der Waals surface area (Å²) >= 11 is 0. The third-order valence-electron chi connectivity index (χ3n) is 2.43. The second kappa shape index (κ2) is 5.92. The number of hydrogen-bond acceptors (Lipinski definition) is 4. The fourth-order valence-electron chi connectivity index (χ4n) is 1.57. The normalized spacial score (nSPS) is 11.0. The number of halogens is 1. The summed E-state index contributed by atoms with van der Waals surface area (Å²) in [6.45, 7) is 0. The highest BCUT2D eigenvalue weighted by molar-refractivity contribution is 7.89. The van der Waals surface area contributed by atoms with E-state index >= 15 is 0 Å². The van der Waals surface area contributed by atoms with Crippen LogP contribution in [0.15, 0.2) is 48.5 Å². The van der Waals surface area contributed by atoms with Gasteiger partial charge in [0.15, 0.2) is 0 Å². The summed E-state index contributed by atoms with van der Waals surface area (Å²) in [4.78, 5) is 11.6. The minimum Gasteiger partial charge on any atom is -0.457 e. The second-order valence-electron chi connectivity index (χ2n) is 4.29. The number of hydrogen-bond donors (Lipinski definition) is 1. The first-order valence-corrected chi connectivity index (χ1v) is 7.78. The SMILES string of the molecule is CS(=O)(=O)NC(=O)c1ccc(Oc2cccc(F)c2)cc1. The van der Waals surface area contributed by atoms with Crippen molar-refractivity contribution in [3.05, 3.63) is 59.9 Å². The van der Waals surface area contributed by atoms with Crippen molar-refractivity contribution in [3.63, 3.8) is 0 Å². The van der Waals surface area contributed by atoms with Crippen molar-refractivity contribution in [3.8, 4) is 11.5 Å². The third-order valence-corrected chi connectivity index (χ3v) is 2.98. The number of nitrogens with one attached hydrogen (secondary N) is 1. The van der Waals surface area contributed by atoms with E-state index in [4.69, 9.17) is 4.74 Å². The highest BCUT2D eigenvalue weighted by atomic mass is 32.2. The summed E-state index contributed by atoms with van der Waals surface area (Å²) in [6, 6.07) is 11.4. The summed E-state index contributed by atoms with van der Waals surface area (Å²) in [5.41, 5.74) is 0.173. The average molecular weight is 309 g/mol. The molecule has 2 aromatic rings. The van der Waals surface area contributed by atoms with Gasteiger partial charge in [-0.1, -0.05) is 6.07 Å². The molecule has 0 heterocycles. The zero-order valence-corrected chi connectivity index (χ0v) is 11.9. The number of rotatable bonds is 4. The van der Waals surface area contributed by atoms with Gasteiger partial charge in [-0.3, -0.25) is 4.79 Å². The molecule has 0 aromatic heterocycles. The molecule has 2 aromatic carbocycles. The van der Waals surface area contributed by atoms with E-state index in [0.29, 0.717) is 11.5 Å². The Kier molecular flexibility index (Phi) is 4.23. The smallest absolute Gasteiger partial charge is 0.264 e. The molecule has 0 fully saturated rings. The number of sulfonamides is 1. The first kappa shape index (κ1) is 15.0. The Morgan fingerprint density at radius 3 is 2.33 bits per heavy atom. The van der Waals surface area contributed by atoms with Gasteiger partial charge >= 0.3 is 0 Å². The van der Waals surface area contributed by atoms with Gasteiger partial charge < -0.3 is 4.74 Å². The van der Waals surface area contributed by atoms with Crippen LogP contribution in [-0.4, -0.2) is 20.6 Å². The van der Waals surface area contributed by atoms with Crippen LogP contribution in [0.25, 0.3) is 0 Å². The van der Waals surface area contributed by atoms with E-state index in [1.165, 1.54) is 42.5 Å². The average Bonchev–Trinajstić information content (AvgIpc) is 2.37. The van der Waals surface area contributed by atoms with E-state index < -0.39 is 21.7 Å². The summed E-state index contributed by atoms with van der Waals surface area (Å²) in [5, 5.41) is 0. The zero-order chi connectivity index (χ0) is 15.5. The molecule has 21 heavy (non-hydrogen) atoms. The quantitative estimate of drug-likeness (QED) is 0.940. The lowest BCUT2D eigenvalue weighted by atomic mass is 10.2. The van der Waals surface area contributed by atoms with E-state index in [2.05, 4.69) is 0 Å². The van der Waals surface area contributed by atoms with Crippen LogP contribution >= 0.6 is 0 Å². The molecular formula is C14H12FNO4S. The van der Waals surface area contributed by atoms with Crippen molar-refractivity contribution in [2.24, 2.45) is 0 Å². The van der Waals surface area contributed by atoms with Gasteiger partial charge in [-0.15, -0.1) is 0 Å². The second-order valence-corrected chi connectivity index (χ2v) is 6.04. The molecule has 0 aliphatic rings. The maximum Gasteiger partial charge on any atom is 0.264 e. The summed E-state index contributed by atoms with van der Waals surface area (Å²) in [6.07, 6.45) is 0.895. The van der Waals surface area contributed by atoms with Crippen LogP contribution < -0.4 is 9.46 Å². The fraction of sp³-hybridized carbons (Fsp3) is 0.0714. The van der Waals surface area contributed by atoms with Crippen molar-refractivity contribution in [1.29, 1.82) is 0 Å². The Bertz CT molecular complexity index is 757. The molecule has 0 unspecified atom stereocenters. The lowest BCUT2D eigenvalue weighted by Gasteiger charge is -2.07. The predicted octanol–water partition coefficient (Wildman–Crippen LogP) is 2.31.